The van der Waals surface area contributed by atoms with Crippen LogP contribution in [0.3, 0.4) is 0 Å². The van der Waals surface area contributed by atoms with Crippen molar-refractivity contribution in [3.63, 3.8) is 0 Å². The average Bonchev–Trinajstić information content (AvgIpc) is 2.82. The minimum atomic E-state index is -3.76. The van der Waals surface area contributed by atoms with Crippen molar-refractivity contribution in [2.75, 3.05) is 18.4 Å². The Balaban J connectivity index is 1.55. The number of nitrogens with zero attached hydrogens (tertiary/aromatic N) is 1. The molecule has 1 aliphatic rings. The molecule has 2 N–H and O–H groups in total. The number of sulfonamides is 1. The number of carbonyl (C=O) groups is 1. The molecule has 0 bridgehead atoms. The third-order valence-corrected chi connectivity index (χ3v) is 7.69. The quantitative estimate of drug-likeness (QED) is 0.521. The summed E-state index contributed by atoms with van der Waals surface area (Å²) in [4.78, 5) is 12.8. The lowest BCUT2D eigenvalue weighted by atomic mass is 9.92. The van der Waals surface area contributed by atoms with Crippen LogP contribution in [-0.4, -0.2) is 36.8 Å². The number of halogens is 1. The summed E-state index contributed by atoms with van der Waals surface area (Å²) in [5.41, 5.74) is 1.45. The zero-order valence-corrected chi connectivity index (χ0v) is 18.8. The van der Waals surface area contributed by atoms with E-state index < -0.39 is 15.9 Å². The lowest BCUT2D eigenvalue weighted by Gasteiger charge is -2.32. The fourth-order valence-corrected chi connectivity index (χ4v) is 5.65. The number of phenolic OH excluding ortho intramolecular Hbond substituents is 1. The Morgan fingerprint density at radius 1 is 1.03 bits per heavy atom. The van der Waals surface area contributed by atoms with Crippen molar-refractivity contribution in [2.45, 2.75) is 23.7 Å². The van der Waals surface area contributed by atoms with E-state index in [1.54, 1.807) is 0 Å². The highest BCUT2D eigenvalue weighted by molar-refractivity contribution is 7.89. The molecule has 32 heavy (non-hydrogen) atoms. The monoisotopic (exact) mass is 470 g/mol. The first-order valence-electron chi connectivity index (χ1n) is 10.3. The van der Waals surface area contributed by atoms with E-state index in [2.05, 4.69) is 5.32 Å². The van der Waals surface area contributed by atoms with E-state index in [9.17, 15) is 18.3 Å². The van der Waals surface area contributed by atoms with Crippen molar-refractivity contribution in [3.05, 3.63) is 88.9 Å². The highest BCUT2D eigenvalue weighted by Crippen LogP contribution is 2.31. The predicted octanol–water partition coefficient (Wildman–Crippen LogP) is 4.87. The zero-order valence-electron chi connectivity index (χ0n) is 17.2. The summed E-state index contributed by atoms with van der Waals surface area (Å²) in [5, 5.41) is 12.9. The van der Waals surface area contributed by atoms with Crippen LogP contribution in [0.1, 0.15) is 34.7 Å². The molecule has 0 saturated carbocycles. The molecule has 0 radical (unpaired) electrons. The molecule has 0 spiro atoms. The van der Waals surface area contributed by atoms with Gasteiger partial charge in [-0.2, -0.15) is 4.31 Å². The van der Waals surface area contributed by atoms with Crippen LogP contribution in [0.25, 0.3) is 0 Å². The van der Waals surface area contributed by atoms with Crippen LogP contribution < -0.4 is 5.32 Å². The molecule has 3 aromatic carbocycles. The maximum Gasteiger partial charge on any atom is 0.255 e. The van der Waals surface area contributed by atoms with E-state index >= 15 is 0 Å². The molecule has 0 unspecified atom stereocenters. The Bertz CT molecular complexity index is 1230. The highest BCUT2D eigenvalue weighted by Gasteiger charge is 2.31. The van der Waals surface area contributed by atoms with Crippen molar-refractivity contribution in [3.8, 4) is 5.75 Å². The summed E-state index contributed by atoms with van der Waals surface area (Å²) < 4.78 is 28.2. The summed E-state index contributed by atoms with van der Waals surface area (Å²) in [6, 6.07) is 20.1. The Morgan fingerprint density at radius 2 is 1.81 bits per heavy atom. The van der Waals surface area contributed by atoms with Crippen molar-refractivity contribution < 1.29 is 18.3 Å². The number of rotatable bonds is 5. The second-order valence-electron chi connectivity index (χ2n) is 7.76. The lowest BCUT2D eigenvalue weighted by Crippen LogP contribution is -2.39. The van der Waals surface area contributed by atoms with Crippen molar-refractivity contribution in [1.82, 2.24) is 4.31 Å². The third-order valence-electron chi connectivity index (χ3n) is 5.60. The van der Waals surface area contributed by atoms with E-state index in [0.717, 1.165) is 18.4 Å². The Labute approximate surface area is 192 Å². The van der Waals surface area contributed by atoms with Crippen molar-refractivity contribution >= 4 is 33.2 Å². The standard InChI is InChI=1S/C24H23ClN2O4S/c25-20-11-12-23(28)22(15-20)26-24(29)18-8-4-10-21(14-18)32(30,31)27-13-5-9-19(16-27)17-6-2-1-3-7-17/h1-4,6-8,10-12,14-15,19,28H,5,9,13,16H2,(H,26,29)/t19-/m1/s1. The van der Waals surface area contributed by atoms with Crippen LogP contribution in [0, 0.1) is 0 Å². The van der Waals surface area contributed by atoms with E-state index in [4.69, 9.17) is 11.6 Å². The summed E-state index contributed by atoms with van der Waals surface area (Å²) in [6.45, 7) is 0.845. The Hall–Kier alpha value is -2.87. The van der Waals surface area contributed by atoms with Crippen LogP contribution in [0.15, 0.2) is 77.7 Å². The molecular weight excluding hydrogens is 448 g/mol. The van der Waals surface area contributed by atoms with E-state index in [1.807, 2.05) is 30.3 Å². The van der Waals surface area contributed by atoms with Crippen LogP contribution in [0.2, 0.25) is 5.02 Å². The van der Waals surface area contributed by atoms with Gasteiger partial charge in [-0.05, 0) is 60.7 Å². The summed E-state index contributed by atoms with van der Waals surface area (Å²) >= 11 is 5.93. The molecule has 1 heterocycles. The average molecular weight is 471 g/mol. The van der Waals surface area contributed by atoms with Crippen LogP contribution >= 0.6 is 11.6 Å². The largest absolute Gasteiger partial charge is 0.506 e. The van der Waals surface area contributed by atoms with Gasteiger partial charge in [0.05, 0.1) is 10.6 Å². The fraction of sp³-hybridized carbons (Fsp3) is 0.208. The van der Waals surface area contributed by atoms with E-state index in [1.165, 1.54) is 46.8 Å². The molecule has 6 nitrogen and oxygen atoms in total. The number of nitrogens with one attached hydrogen (secondary N) is 1. The Morgan fingerprint density at radius 3 is 2.59 bits per heavy atom. The summed E-state index contributed by atoms with van der Waals surface area (Å²) in [7, 11) is -3.76. The maximum atomic E-state index is 13.3. The number of piperidine rings is 1. The molecular formula is C24H23ClN2O4S. The number of amides is 1. The van der Waals surface area contributed by atoms with Gasteiger partial charge in [-0.3, -0.25) is 4.79 Å². The van der Waals surface area contributed by atoms with Gasteiger partial charge in [0.1, 0.15) is 5.75 Å². The first-order chi connectivity index (χ1) is 15.3. The summed E-state index contributed by atoms with van der Waals surface area (Å²) in [6.07, 6.45) is 1.70. The molecule has 0 aromatic heterocycles. The molecule has 0 aliphatic carbocycles. The molecule has 1 atom stereocenters. The number of hydrogen-bond acceptors (Lipinski definition) is 4. The van der Waals surface area contributed by atoms with Crippen molar-refractivity contribution in [1.29, 1.82) is 0 Å². The first-order valence-corrected chi connectivity index (χ1v) is 12.1. The SMILES string of the molecule is O=C(Nc1cc(Cl)ccc1O)c1cccc(S(=O)(=O)N2CCC[C@@H](c3ccccc3)C2)c1. The van der Waals surface area contributed by atoms with Gasteiger partial charge in [0, 0.05) is 23.7 Å². The first kappa shape index (κ1) is 22.3. The van der Waals surface area contributed by atoms with Gasteiger partial charge in [-0.15, -0.1) is 0 Å². The maximum absolute atomic E-state index is 13.3. The minimum Gasteiger partial charge on any atom is -0.506 e. The fourth-order valence-electron chi connectivity index (χ4n) is 3.91. The molecule has 166 valence electrons. The normalized spacial score (nSPS) is 17.1. The van der Waals surface area contributed by atoms with Crippen LogP contribution in [-0.2, 0) is 10.0 Å². The Kier molecular flexibility index (Phi) is 6.50. The highest BCUT2D eigenvalue weighted by atomic mass is 35.5. The van der Waals surface area contributed by atoms with Crippen LogP contribution in [0.4, 0.5) is 5.69 Å². The minimum absolute atomic E-state index is 0.0641. The smallest absolute Gasteiger partial charge is 0.255 e. The van der Waals surface area contributed by atoms with Crippen molar-refractivity contribution in [2.24, 2.45) is 0 Å². The number of carbonyl (C=O) groups excluding carboxylic acids is 1. The number of phenols is 1. The zero-order chi connectivity index (χ0) is 22.7. The van der Waals surface area contributed by atoms with E-state index in [-0.39, 0.29) is 27.8 Å². The molecule has 1 amide bonds. The van der Waals surface area contributed by atoms with Gasteiger partial charge in [0.2, 0.25) is 10.0 Å². The molecule has 4 rings (SSSR count). The second kappa shape index (κ2) is 9.32. The second-order valence-corrected chi connectivity index (χ2v) is 10.1. The molecule has 1 aliphatic heterocycles. The van der Waals surface area contributed by atoms with Crippen LogP contribution in [0.5, 0.6) is 5.75 Å². The van der Waals surface area contributed by atoms with Gasteiger partial charge in [0.25, 0.3) is 5.91 Å². The van der Waals surface area contributed by atoms with Gasteiger partial charge in [-0.25, -0.2) is 8.42 Å². The molecule has 8 heteroatoms. The number of hydrogen-bond donors (Lipinski definition) is 2. The number of benzene rings is 3. The molecule has 1 fully saturated rings. The number of aromatic hydroxyl groups is 1. The van der Waals surface area contributed by atoms with Gasteiger partial charge in [0.15, 0.2) is 0 Å². The predicted molar refractivity (Wildman–Crippen MR) is 125 cm³/mol. The molecule has 3 aromatic rings. The lowest BCUT2D eigenvalue weighted by molar-refractivity contribution is 0.102. The summed E-state index contributed by atoms with van der Waals surface area (Å²) in [5.74, 6) is -0.538. The number of anilines is 1. The molecule has 1 saturated heterocycles. The topological polar surface area (TPSA) is 86.7 Å². The third kappa shape index (κ3) is 4.80. The van der Waals surface area contributed by atoms with E-state index in [0.29, 0.717) is 18.1 Å². The van der Waals surface area contributed by atoms with Gasteiger partial charge < -0.3 is 10.4 Å². The van der Waals surface area contributed by atoms with Gasteiger partial charge in [-0.1, -0.05) is 48.0 Å². The van der Waals surface area contributed by atoms with Gasteiger partial charge >= 0.3 is 0 Å².